The minimum absolute atomic E-state index is 0.0773. The van der Waals surface area contributed by atoms with Crippen LogP contribution in [-0.4, -0.2) is 32.9 Å². The van der Waals surface area contributed by atoms with Crippen molar-refractivity contribution in [2.75, 3.05) is 6.61 Å². The fourth-order valence-electron chi connectivity index (χ4n) is 3.87. The Bertz CT molecular complexity index is 1170. The highest BCUT2D eigenvalue weighted by Gasteiger charge is 2.28. The van der Waals surface area contributed by atoms with E-state index in [0.29, 0.717) is 13.0 Å². The van der Waals surface area contributed by atoms with E-state index >= 15 is 0 Å². The molecule has 0 aliphatic carbocycles. The number of nitrogens with zero attached hydrogens (tertiary/aromatic N) is 2. The van der Waals surface area contributed by atoms with Gasteiger partial charge in [-0.05, 0) is 35.8 Å². The predicted octanol–water partition coefficient (Wildman–Crippen LogP) is 3.23. The lowest BCUT2D eigenvalue weighted by Crippen LogP contribution is -2.32. The summed E-state index contributed by atoms with van der Waals surface area (Å²) in [6, 6.07) is 14.8. The second-order valence-electron chi connectivity index (χ2n) is 7.26. The number of benzene rings is 2. The summed E-state index contributed by atoms with van der Waals surface area (Å²) >= 11 is 0. The molecule has 154 valence electrons. The number of aromatic nitrogens is 2. The molecule has 7 heteroatoms. The molecule has 0 saturated heterocycles. The Morgan fingerprint density at radius 3 is 2.70 bits per heavy atom. The van der Waals surface area contributed by atoms with Crippen molar-refractivity contribution in [3.63, 3.8) is 0 Å². The highest BCUT2D eigenvalue weighted by Crippen LogP contribution is 2.33. The quantitative estimate of drug-likeness (QED) is 0.504. The first-order chi connectivity index (χ1) is 14.5. The molecule has 1 aromatic heterocycles. The van der Waals surface area contributed by atoms with E-state index in [1.165, 1.54) is 6.92 Å². The molecule has 1 atom stereocenters. The minimum Gasteiger partial charge on any atom is -0.466 e. The molecular weight excluding hydrogens is 382 g/mol. The number of imidazole rings is 1. The third kappa shape index (κ3) is 3.91. The number of hydrogen-bond acceptors (Lipinski definition) is 4. The van der Waals surface area contributed by atoms with Gasteiger partial charge in [-0.25, -0.2) is 4.79 Å². The number of aryl methyl sites for hydroxylation is 1. The number of amides is 1. The highest BCUT2D eigenvalue weighted by molar-refractivity contribution is 5.80. The van der Waals surface area contributed by atoms with Crippen LogP contribution in [0.15, 0.2) is 59.5 Å². The molecule has 4 rings (SSSR count). The number of fused-ring (bicyclic) bond motifs is 2. The molecule has 0 unspecified atom stereocenters. The summed E-state index contributed by atoms with van der Waals surface area (Å²) < 4.78 is 7.05. The van der Waals surface area contributed by atoms with Gasteiger partial charge in [0.05, 0.1) is 30.1 Å². The Morgan fingerprint density at radius 1 is 1.10 bits per heavy atom. The van der Waals surface area contributed by atoms with Gasteiger partial charge in [0.2, 0.25) is 5.91 Å². The first-order valence-electron chi connectivity index (χ1n) is 9.94. The monoisotopic (exact) mass is 405 g/mol. The smallest absolute Gasteiger partial charge is 0.326 e. The van der Waals surface area contributed by atoms with E-state index in [2.05, 4.69) is 4.98 Å². The Balaban J connectivity index is 1.36. The van der Waals surface area contributed by atoms with Crippen LogP contribution in [0.2, 0.25) is 0 Å². The summed E-state index contributed by atoms with van der Waals surface area (Å²) in [5.41, 5.74) is 3.36. The van der Waals surface area contributed by atoms with Gasteiger partial charge in [0.25, 0.3) is 0 Å². The Kier molecular flexibility index (Phi) is 5.52. The highest BCUT2D eigenvalue weighted by atomic mass is 16.5. The number of ether oxygens (including phenoxy) is 1. The normalized spacial score (nSPS) is 15.2. The minimum atomic E-state index is -0.382. The van der Waals surface area contributed by atoms with Gasteiger partial charge in [-0.2, -0.15) is 0 Å². The van der Waals surface area contributed by atoms with Crippen molar-refractivity contribution in [1.29, 1.82) is 0 Å². The fourth-order valence-corrected chi connectivity index (χ4v) is 3.87. The lowest BCUT2D eigenvalue weighted by molar-refractivity contribution is -0.145. The molecule has 0 radical (unpaired) electrons. The Morgan fingerprint density at radius 2 is 1.87 bits per heavy atom. The zero-order valence-corrected chi connectivity index (χ0v) is 16.7. The summed E-state index contributed by atoms with van der Waals surface area (Å²) in [6.07, 6.45) is 4.18. The van der Waals surface area contributed by atoms with Crippen LogP contribution in [0.4, 0.5) is 0 Å². The maximum atomic E-state index is 12.5. The van der Waals surface area contributed by atoms with Gasteiger partial charge in [-0.15, -0.1) is 0 Å². The third-order valence-electron chi connectivity index (χ3n) is 5.30. The van der Waals surface area contributed by atoms with Gasteiger partial charge in [0.15, 0.2) is 0 Å². The van der Waals surface area contributed by atoms with Crippen LogP contribution < -0.4 is 5.69 Å². The van der Waals surface area contributed by atoms with Crippen molar-refractivity contribution < 1.29 is 14.3 Å². The fraction of sp³-hybridized carbons (Fsp3) is 0.261. The van der Waals surface area contributed by atoms with Crippen LogP contribution in [0, 0.1) is 0 Å². The lowest BCUT2D eigenvalue weighted by Gasteiger charge is -2.32. The van der Waals surface area contributed by atoms with Crippen molar-refractivity contribution in [2.24, 2.45) is 0 Å². The molecule has 2 heterocycles. The number of rotatable bonds is 6. The molecule has 3 aromatic rings. The van der Waals surface area contributed by atoms with Crippen LogP contribution in [-0.2, 0) is 20.9 Å². The number of nitrogens with one attached hydrogen (secondary N) is 1. The van der Waals surface area contributed by atoms with E-state index in [9.17, 15) is 14.4 Å². The first-order valence-corrected chi connectivity index (χ1v) is 9.94. The molecule has 0 saturated carbocycles. The number of H-pyrrole nitrogens is 1. The molecule has 1 N–H and O–H groups in total. The maximum Gasteiger partial charge on any atom is 0.326 e. The lowest BCUT2D eigenvalue weighted by atomic mass is 9.94. The Labute approximate surface area is 173 Å². The van der Waals surface area contributed by atoms with Crippen molar-refractivity contribution in [2.45, 2.75) is 32.4 Å². The van der Waals surface area contributed by atoms with E-state index in [4.69, 9.17) is 4.74 Å². The van der Waals surface area contributed by atoms with Crippen LogP contribution in [0.1, 0.15) is 36.9 Å². The summed E-state index contributed by atoms with van der Waals surface area (Å²) in [7, 11) is 0. The third-order valence-corrected chi connectivity index (χ3v) is 5.30. The van der Waals surface area contributed by atoms with Gasteiger partial charge in [-0.1, -0.05) is 36.4 Å². The zero-order valence-electron chi connectivity index (χ0n) is 16.7. The van der Waals surface area contributed by atoms with Crippen molar-refractivity contribution in [1.82, 2.24) is 14.5 Å². The number of hydrogen-bond donors (Lipinski definition) is 1. The molecule has 2 aromatic carbocycles. The first kappa shape index (κ1) is 19.7. The average molecular weight is 405 g/mol. The molecule has 1 amide bonds. The molecular formula is C23H23N3O4. The zero-order chi connectivity index (χ0) is 21.1. The van der Waals surface area contributed by atoms with Crippen molar-refractivity contribution in [3.8, 4) is 0 Å². The van der Waals surface area contributed by atoms with E-state index in [0.717, 1.165) is 22.2 Å². The standard InChI is InChI=1S/C23H23N3O4/c1-16(27)25-13-11-17-7-2-3-8-18(17)21(25)15-22(28)30-14-6-12-26-20-10-5-4-9-19(20)24-23(26)29/h2-5,7-11,13,21H,6,12,14-15H2,1H3,(H,24,29)/t21-/m0/s1. The van der Waals surface area contributed by atoms with Gasteiger partial charge in [0, 0.05) is 19.7 Å². The second kappa shape index (κ2) is 8.41. The molecule has 1 aliphatic rings. The molecule has 1 aliphatic heterocycles. The largest absolute Gasteiger partial charge is 0.466 e. The van der Waals surface area contributed by atoms with E-state index in [1.807, 2.05) is 54.6 Å². The van der Waals surface area contributed by atoms with Gasteiger partial charge >= 0.3 is 11.7 Å². The van der Waals surface area contributed by atoms with Crippen molar-refractivity contribution >= 4 is 29.0 Å². The molecule has 30 heavy (non-hydrogen) atoms. The molecule has 7 nitrogen and oxygen atoms in total. The number of carbonyl (C=O) groups excluding carboxylic acids is 2. The second-order valence-corrected chi connectivity index (χ2v) is 7.26. The van der Waals surface area contributed by atoms with E-state index in [1.54, 1.807) is 15.7 Å². The number of carbonyl (C=O) groups is 2. The van der Waals surface area contributed by atoms with E-state index < -0.39 is 0 Å². The summed E-state index contributed by atoms with van der Waals surface area (Å²) in [5, 5.41) is 0. The SMILES string of the molecule is CC(=O)N1C=Cc2ccccc2[C@@H]1CC(=O)OCCCn1c(=O)[nH]c2ccccc21. The predicted molar refractivity (Wildman–Crippen MR) is 113 cm³/mol. The van der Waals surface area contributed by atoms with Crippen LogP contribution in [0.3, 0.4) is 0 Å². The van der Waals surface area contributed by atoms with Crippen LogP contribution >= 0.6 is 0 Å². The Hall–Kier alpha value is -3.61. The topological polar surface area (TPSA) is 84.4 Å². The molecule has 0 bridgehead atoms. The van der Waals surface area contributed by atoms with Crippen LogP contribution in [0.5, 0.6) is 0 Å². The van der Waals surface area contributed by atoms with Gasteiger partial charge < -0.3 is 14.6 Å². The maximum absolute atomic E-state index is 12.5. The summed E-state index contributed by atoms with van der Waals surface area (Å²) in [6.45, 7) is 2.13. The van der Waals surface area contributed by atoms with Gasteiger partial charge in [0.1, 0.15) is 0 Å². The summed E-state index contributed by atoms with van der Waals surface area (Å²) in [4.78, 5) is 41.0. The molecule has 0 spiro atoms. The number of esters is 1. The van der Waals surface area contributed by atoms with Crippen LogP contribution in [0.25, 0.3) is 17.1 Å². The average Bonchev–Trinajstić information content (AvgIpc) is 3.06. The van der Waals surface area contributed by atoms with Gasteiger partial charge in [-0.3, -0.25) is 14.2 Å². The van der Waals surface area contributed by atoms with Crippen molar-refractivity contribution in [3.05, 3.63) is 76.3 Å². The number of para-hydroxylation sites is 2. The van der Waals surface area contributed by atoms with E-state index in [-0.39, 0.29) is 36.6 Å². The molecule has 0 fully saturated rings. The summed E-state index contributed by atoms with van der Waals surface area (Å²) in [5.74, 6) is -0.500. The number of aromatic amines is 1.